The van der Waals surface area contributed by atoms with Gasteiger partial charge in [-0.25, -0.2) is 8.42 Å². The van der Waals surface area contributed by atoms with Crippen molar-refractivity contribution in [3.63, 3.8) is 0 Å². The van der Waals surface area contributed by atoms with E-state index in [0.717, 1.165) is 11.3 Å². The maximum atomic E-state index is 12.5. The van der Waals surface area contributed by atoms with Crippen LogP contribution >= 0.6 is 0 Å². The monoisotopic (exact) mass is 321 g/mol. The second-order valence-electron chi connectivity index (χ2n) is 6.55. The fourth-order valence-corrected chi connectivity index (χ4v) is 3.43. The molecule has 0 radical (unpaired) electrons. The Bertz CT molecular complexity index is 782. The van der Waals surface area contributed by atoms with Gasteiger partial charge < -0.3 is 0 Å². The van der Waals surface area contributed by atoms with Gasteiger partial charge in [0.15, 0.2) is 0 Å². The molecule has 0 atom stereocenters. The van der Waals surface area contributed by atoms with Crippen molar-refractivity contribution in [1.29, 1.82) is 0 Å². The Hall–Kier alpha value is -1.82. The molecule has 22 heavy (non-hydrogen) atoms. The SMILES string of the molecule is Cc1nn(C)c(C)c1NS(=O)(=O)c1ccc(C(C)(C)C)cc1. The Morgan fingerprint density at radius 2 is 1.64 bits per heavy atom. The summed E-state index contributed by atoms with van der Waals surface area (Å²) >= 11 is 0. The molecule has 0 aliphatic rings. The lowest BCUT2D eigenvalue weighted by Crippen LogP contribution is -2.15. The predicted octanol–water partition coefficient (Wildman–Crippen LogP) is 3.14. The van der Waals surface area contributed by atoms with E-state index in [2.05, 4.69) is 30.6 Å². The molecule has 1 aromatic carbocycles. The number of nitrogens with zero attached hydrogens (tertiary/aromatic N) is 2. The topological polar surface area (TPSA) is 64.0 Å². The fourth-order valence-electron chi connectivity index (χ4n) is 2.25. The van der Waals surface area contributed by atoms with Gasteiger partial charge in [0.1, 0.15) is 0 Å². The lowest BCUT2D eigenvalue weighted by atomic mass is 9.87. The van der Waals surface area contributed by atoms with Crippen LogP contribution in [0.25, 0.3) is 0 Å². The van der Waals surface area contributed by atoms with Crippen molar-refractivity contribution in [3.8, 4) is 0 Å². The van der Waals surface area contributed by atoms with Gasteiger partial charge in [-0.1, -0.05) is 32.9 Å². The van der Waals surface area contributed by atoms with Crippen molar-refractivity contribution in [2.45, 2.75) is 44.9 Å². The number of hydrogen-bond acceptors (Lipinski definition) is 3. The summed E-state index contributed by atoms with van der Waals surface area (Å²) in [6, 6.07) is 7.00. The maximum absolute atomic E-state index is 12.5. The summed E-state index contributed by atoms with van der Waals surface area (Å²) in [7, 11) is -1.82. The highest BCUT2D eigenvalue weighted by molar-refractivity contribution is 7.92. The molecule has 2 aromatic rings. The number of benzene rings is 1. The number of anilines is 1. The van der Waals surface area contributed by atoms with Crippen molar-refractivity contribution in [3.05, 3.63) is 41.2 Å². The molecule has 0 aliphatic carbocycles. The van der Waals surface area contributed by atoms with Gasteiger partial charge >= 0.3 is 0 Å². The normalized spacial score (nSPS) is 12.5. The average molecular weight is 321 g/mol. The van der Waals surface area contributed by atoms with E-state index in [1.165, 1.54) is 0 Å². The minimum absolute atomic E-state index is 0.00769. The number of aryl methyl sites for hydroxylation is 2. The first-order valence-electron chi connectivity index (χ1n) is 7.16. The van der Waals surface area contributed by atoms with E-state index in [9.17, 15) is 8.42 Å². The molecule has 0 saturated carbocycles. The lowest BCUT2D eigenvalue weighted by Gasteiger charge is -2.19. The molecular weight excluding hydrogens is 298 g/mol. The molecule has 1 heterocycles. The summed E-state index contributed by atoms with van der Waals surface area (Å²) < 4.78 is 29.4. The largest absolute Gasteiger partial charge is 0.276 e. The number of aromatic nitrogens is 2. The smallest absolute Gasteiger partial charge is 0.262 e. The van der Waals surface area contributed by atoms with Crippen LogP contribution in [0.15, 0.2) is 29.2 Å². The molecule has 0 saturated heterocycles. The third kappa shape index (κ3) is 3.16. The quantitative estimate of drug-likeness (QED) is 0.944. The maximum Gasteiger partial charge on any atom is 0.262 e. The van der Waals surface area contributed by atoms with E-state index in [1.807, 2.05) is 19.1 Å². The second-order valence-corrected chi connectivity index (χ2v) is 8.23. The molecule has 1 N–H and O–H groups in total. The summed E-state index contributed by atoms with van der Waals surface area (Å²) in [5.41, 5.74) is 3.08. The van der Waals surface area contributed by atoms with Crippen LogP contribution in [0.3, 0.4) is 0 Å². The van der Waals surface area contributed by atoms with E-state index in [0.29, 0.717) is 11.4 Å². The first kappa shape index (κ1) is 16.5. The Morgan fingerprint density at radius 3 is 2.05 bits per heavy atom. The van der Waals surface area contributed by atoms with Crippen LogP contribution in [0.2, 0.25) is 0 Å². The van der Waals surface area contributed by atoms with E-state index in [4.69, 9.17) is 0 Å². The van der Waals surface area contributed by atoms with Crippen LogP contribution in [0, 0.1) is 13.8 Å². The van der Waals surface area contributed by atoms with Crippen LogP contribution in [0.5, 0.6) is 0 Å². The summed E-state index contributed by atoms with van der Waals surface area (Å²) in [6.07, 6.45) is 0. The molecule has 0 bridgehead atoms. The summed E-state index contributed by atoms with van der Waals surface area (Å²) in [5, 5.41) is 4.22. The van der Waals surface area contributed by atoms with Crippen molar-refractivity contribution in [1.82, 2.24) is 9.78 Å². The highest BCUT2D eigenvalue weighted by Crippen LogP contribution is 2.26. The number of rotatable bonds is 3. The van der Waals surface area contributed by atoms with Gasteiger partial charge in [-0.15, -0.1) is 0 Å². The van der Waals surface area contributed by atoms with Crippen molar-refractivity contribution >= 4 is 15.7 Å². The van der Waals surface area contributed by atoms with Gasteiger partial charge in [0, 0.05) is 7.05 Å². The van der Waals surface area contributed by atoms with Crippen LogP contribution in [-0.2, 0) is 22.5 Å². The predicted molar refractivity (Wildman–Crippen MR) is 88.6 cm³/mol. The molecule has 120 valence electrons. The summed E-state index contributed by atoms with van der Waals surface area (Å²) in [5.74, 6) is 0. The van der Waals surface area contributed by atoms with Crippen molar-refractivity contribution in [2.75, 3.05) is 4.72 Å². The van der Waals surface area contributed by atoms with Gasteiger partial charge in [-0.3, -0.25) is 9.40 Å². The zero-order valence-electron chi connectivity index (χ0n) is 13.9. The van der Waals surface area contributed by atoms with E-state index in [1.54, 1.807) is 30.8 Å². The highest BCUT2D eigenvalue weighted by atomic mass is 32.2. The molecule has 0 aliphatic heterocycles. The zero-order chi connectivity index (χ0) is 16.7. The van der Waals surface area contributed by atoms with E-state index < -0.39 is 10.0 Å². The highest BCUT2D eigenvalue weighted by Gasteiger charge is 2.20. The van der Waals surface area contributed by atoms with E-state index >= 15 is 0 Å². The van der Waals surface area contributed by atoms with Gasteiger partial charge in [-0.2, -0.15) is 5.10 Å². The molecule has 2 rings (SSSR count). The third-order valence-corrected chi connectivity index (χ3v) is 5.14. The molecule has 0 amide bonds. The third-order valence-electron chi connectivity index (χ3n) is 3.78. The molecule has 5 nitrogen and oxygen atoms in total. The van der Waals surface area contributed by atoms with Crippen molar-refractivity contribution < 1.29 is 8.42 Å². The van der Waals surface area contributed by atoms with Gasteiger partial charge in [0.05, 0.1) is 22.0 Å². The Balaban J connectivity index is 2.35. The average Bonchev–Trinajstić information content (AvgIpc) is 2.64. The van der Waals surface area contributed by atoms with E-state index in [-0.39, 0.29) is 10.3 Å². The minimum atomic E-state index is -3.61. The molecule has 1 aromatic heterocycles. The first-order valence-corrected chi connectivity index (χ1v) is 8.64. The van der Waals surface area contributed by atoms with Crippen LogP contribution < -0.4 is 4.72 Å². The minimum Gasteiger partial charge on any atom is -0.276 e. The molecule has 0 spiro atoms. The standard InChI is InChI=1S/C16H23N3O2S/c1-11-15(12(2)19(6)17-11)18-22(20,21)14-9-7-13(8-10-14)16(3,4)5/h7-10,18H,1-6H3. The van der Waals surface area contributed by atoms with Crippen LogP contribution in [-0.4, -0.2) is 18.2 Å². The Kier molecular flexibility index (Phi) is 4.08. The summed E-state index contributed by atoms with van der Waals surface area (Å²) in [6.45, 7) is 9.90. The Labute approximate surface area is 132 Å². The fraction of sp³-hybridized carbons (Fsp3) is 0.438. The molecule has 0 unspecified atom stereocenters. The van der Waals surface area contributed by atoms with Crippen LogP contribution in [0.1, 0.15) is 37.7 Å². The second kappa shape index (κ2) is 5.43. The number of hydrogen-bond donors (Lipinski definition) is 1. The van der Waals surface area contributed by atoms with Crippen LogP contribution in [0.4, 0.5) is 5.69 Å². The van der Waals surface area contributed by atoms with Crippen molar-refractivity contribution in [2.24, 2.45) is 7.05 Å². The number of nitrogens with one attached hydrogen (secondary N) is 1. The Morgan fingerprint density at radius 1 is 1.09 bits per heavy atom. The van der Waals surface area contributed by atoms with Gasteiger partial charge in [0.2, 0.25) is 0 Å². The molecule has 0 fully saturated rings. The van der Waals surface area contributed by atoms with Gasteiger partial charge in [-0.05, 0) is 37.0 Å². The number of sulfonamides is 1. The molecule has 6 heteroatoms. The summed E-state index contributed by atoms with van der Waals surface area (Å²) in [4.78, 5) is 0.253. The molecular formula is C16H23N3O2S. The van der Waals surface area contributed by atoms with Gasteiger partial charge in [0.25, 0.3) is 10.0 Å². The zero-order valence-corrected chi connectivity index (χ0v) is 14.7. The first-order chi connectivity index (χ1) is 10.0. The lowest BCUT2D eigenvalue weighted by molar-refractivity contribution is 0.587.